The molecule has 16 heteroatoms. The minimum atomic E-state index is -1.37. The zero-order valence-corrected chi connectivity index (χ0v) is 25.2. The van der Waals surface area contributed by atoms with E-state index in [1.54, 1.807) is 6.20 Å². The zero-order valence-electron chi connectivity index (χ0n) is 20.9. The van der Waals surface area contributed by atoms with Crippen molar-refractivity contribution in [3.8, 4) is 10.4 Å². The molecule has 0 saturated carbocycles. The van der Waals surface area contributed by atoms with E-state index in [9.17, 15) is 19.8 Å². The third kappa shape index (κ3) is 9.62. The lowest BCUT2D eigenvalue weighted by atomic mass is 10.1. The van der Waals surface area contributed by atoms with E-state index in [1.165, 1.54) is 52.0 Å². The molecule has 3 heterocycles. The minimum absolute atomic E-state index is 0.0263. The molecule has 1 saturated heterocycles. The predicted octanol–water partition coefficient (Wildman–Crippen LogP) is 0.516. The molecule has 1 aliphatic rings. The molecule has 1 aromatic carbocycles. The Morgan fingerprint density at radius 3 is 2.16 bits per heavy atom. The number of hydrogen-bond acceptors (Lipinski definition) is 11. The summed E-state index contributed by atoms with van der Waals surface area (Å²) in [7, 11) is 4.25. The molecule has 6 N–H and O–H groups in total. The highest BCUT2D eigenvalue weighted by Crippen LogP contribution is 2.30. The first-order valence-corrected chi connectivity index (χ1v) is 13.6. The van der Waals surface area contributed by atoms with E-state index in [0.29, 0.717) is 5.01 Å². The maximum atomic E-state index is 13.0. The molecule has 0 bridgehead atoms. The number of ether oxygens (including phenoxy) is 1. The van der Waals surface area contributed by atoms with Gasteiger partial charge in [0.1, 0.15) is 17.2 Å². The summed E-state index contributed by atoms with van der Waals surface area (Å²) in [6, 6.07) is 10.9. The maximum absolute atomic E-state index is 13.0. The van der Waals surface area contributed by atoms with Gasteiger partial charge in [0.15, 0.2) is 6.23 Å². The number of thiazole rings is 1. The highest BCUT2D eigenvalue weighted by atomic mass is 32.1. The van der Waals surface area contributed by atoms with E-state index in [4.69, 9.17) is 24.5 Å². The molecule has 1 aliphatic heterocycles. The van der Waals surface area contributed by atoms with Crippen LogP contribution in [0.25, 0.3) is 10.4 Å². The van der Waals surface area contributed by atoms with Crippen LogP contribution in [-0.2, 0) is 11.3 Å². The van der Waals surface area contributed by atoms with E-state index in [2.05, 4.69) is 4.98 Å². The maximum Gasteiger partial charge on any atom is 0.333 e. The summed E-state index contributed by atoms with van der Waals surface area (Å²) < 4.78 is 7.67. The summed E-state index contributed by atoms with van der Waals surface area (Å²) in [4.78, 5) is 51.3. The Balaban J connectivity index is 0.00000157. The zero-order chi connectivity index (χ0) is 29.3. The number of aromatic nitrogens is 3. The van der Waals surface area contributed by atoms with Gasteiger partial charge in [0.2, 0.25) is 0 Å². The van der Waals surface area contributed by atoms with Gasteiger partial charge < -0.3 is 34.7 Å². The van der Waals surface area contributed by atoms with Gasteiger partial charge in [-0.25, -0.2) is 9.78 Å². The van der Waals surface area contributed by atoms with Gasteiger partial charge in [0.25, 0.3) is 5.56 Å². The van der Waals surface area contributed by atoms with Crippen LogP contribution in [0.2, 0.25) is 0 Å². The number of benzene rings is 1. The van der Waals surface area contributed by atoms with Crippen molar-refractivity contribution in [1.29, 1.82) is 0 Å². The van der Waals surface area contributed by atoms with Crippen molar-refractivity contribution in [2.45, 2.75) is 51.4 Å². The van der Waals surface area contributed by atoms with Gasteiger partial charge in [0.05, 0.1) is 17.5 Å². The molecule has 0 amide bonds. The Morgan fingerprint density at radius 2 is 1.58 bits per heavy atom. The highest BCUT2D eigenvalue weighted by Gasteiger charge is 2.43. The number of aliphatic hydroxyl groups excluding tert-OH is 3. The number of hydrogen-bond donors (Lipinski definition) is 6. The van der Waals surface area contributed by atoms with Crippen molar-refractivity contribution in [3.63, 3.8) is 0 Å². The Labute approximate surface area is 231 Å². The topological polar surface area (TPSA) is 188 Å². The van der Waals surface area contributed by atoms with Crippen LogP contribution in [0, 0.1) is 0 Å². The Morgan fingerprint density at radius 1 is 0.974 bits per heavy atom. The third-order valence-electron chi connectivity index (χ3n) is 5.03. The van der Waals surface area contributed by atoms with Crippen LogP contribution < -0.4 is 11.2 Å². The average Bonchev–Trinajstić information content (AvgIpc) is 3.57. The number of nitrogens with zero attached hydrogens (tertiary/aromatic N) is 3. The molecule has 0 radical (unpaired) electrons. The monoisotopic (exact) mass is 611 g/mol. The first-order chi connectivity index (χ1) is 18.5. The molecule has 2 aromatic heterocycles. The molecule has 0 aliphatic carbocycles. The molecule has 7 unspecified atom stereocenters. The largest absolute Gasteiger partial charge is 0.396 e. The van der Waals surface area contributed by atoms with Crippen LogP contribution >= 0.6 is 39.7 Å². The molecule has 1 fully saturated rings. The number of rotatable bonds is 6. The van der Waals surface area contributed by atoms with Crippen molar-refractivity contribution in [2.75, 3.05) is 6.61 Å². The average molecular weight is 612 g/mol. The first-order valence-electron chi connectivity index (χ1n) is 11.2. The molecule has 3 aromatic rings. The van der Waals surface area contributed by atoms with Gasteiger partial charge in [-0.05, 0) is 40.4 Å². The minimum Gasteiger partial charge on any atom is -0.396 e. The van der Waals surface area contributed by atoms with E-state index in [1.807, 2.05) is 44.2 Å². The summed E-state index contributed by atoms with van der Waals surface area (Å²) in [5, 5.41) is 30.1. The van der Waals surface area contributed by atoms with E-state index >= 15 is 0 Å². The van der Waals surface area contributed by atoms with Crippen molar-refractivity contribution in [3.05, 3.63) is 74.6 Å². The van der Waals surface area contributed by atoms with Gasteiger partial charge >= 0.3 is 5.69 Å². The van der Waals surface area contributed by atoms with Gasteiger partial charge in [0, 0.05) is 25.1 Å². The van der Waals surface area contributed by atoms with Crippen molar-refractivity contribution in [2.24, 2.45) is 0 Å². The van der Waals surface area contributed by atoms with Crippen molar-refractivity contribution >= 4 is 39.7 Å². The molecule has 7 atom stereocenters. The number of aliphatic hydroxyl groups is 3. The SMILES string of the molecule is CC.O=c1ccn(C2OC(CCO)C(O)C2O)c(=O)n1Cc1ncc(-c2ccccc2)s1.OP.OP.OP. The second-order valence-electron chi connectivity index (χ2n) is 6.97. The lowest BCUT2D eigenvalue weighted by molar-refractivity contribution is -0.0458. The van der Waals surface area contributed by atoms with Crippen LogP contribution in [0.1, 0.15) is 31.5 Å². The fourth-order valence-electron chi connectivity index (χ4n) is 3.45. The lowest BCUT2D eigenvalue weighted by Gasteiger charge is -2.18. The Hall–Kier alpha value is -1.46. The van der Waals surface area contributed by atoms with Crippen LogP contribution in [0.3, 0.4) is 0 Å². The van der Waals surface area contributed by atoms with Gasteiger partial charge in [-0.2, -0.15) is 0 Å². The predicted molar refractivity (Wildman–Crippen MR) is 156 cm³/mol. The highest BCUT2D eigenvalue weighted by molar-refractivity contribution is 7.15. The van der Waals surface area contributed by atoms with E-state index < -0.39 is 35.8 Å². The molecule has 12 nitrogen and oxygen atoms in total. The fraction of sp³-hybridized carbons (Fsp3) is 0.409. The summed E-state index contributed by atoms with van der Waals surface area (Å²) >= 11 is 1.38. The summed E-state index contributed by atoms with van der Waals surface area (Å²) in [5.74, 6) is 0. The first kappa shape index (κ1) is 36.5. The molecule has 38 heavy (non-hydrogen) atoms. The lowest BCUT2D eigenvalue weighted by Crippen LogP contribution is -2.43. The van der Waals surface area contributed by atoms with Crippen LogP contribution in [0.15, 0.2) is 58.4 Å². The normalized spacial score (nSPS) is 19.3. The van der Waals surface area contributed by atoms with Crippen LogP contribution in [0.4, 0.5) is 0 Å². The quantitative estimate of drug-likeness (QED) is 0.215. The van der Waals surface area contributed by atoms with E-state index in [0.717, 1.165) is 19.6 Å². The van der Waals surface area contributed by atoms with Gasteiger partial charge in [-0.15, -0.1) is 11.3 Å². The standard InChI is InChI=1S/C20H21N3O6S.C2H6.3H3OP/c24-9-7-13-17(26)18(27)19(29-13)22-8-6-16(25)23(20(22)28)11-15-21-10-14(30-15)12-4-2-1-3-5-12;4*1-2/h1-6,8,10,13,17-19,24,26-27H,7,9,11H2;1-2H3;3*1H,2H2. The van der Waals surface area contributed by atoms with E-state index in [-0.39, 0.29) is 19.6 Å². The third-order valence-corrected chi connectivity index (χ3v) is 6.06. The second kappa shape index (κ2) is 20.4. The van der Waals surface area contributed by atoms with Crippen molar-refractivity contribution < 1.29 is 34.7 Å². The molecule has 0 spiro atoms. The molecule has 4 rings (SSSR count). The smallest absolute Gasteiger partial charge is 0.333 e. The van der Waals surface area contributed by atoms with Crippen molar-refractivity contribution in [1.82, 2.24) is 14.1 Å². The summed E-state index contributed by atoms with van der Waals surface area (Å²) in [5.41, 5.74) is -0.196. The summed E-state index contributed by atoms with van der Waals surface area (Å²) in [6.45, 7) is 3.74. The second-order valence-corrected chi connectivity index (χ2v) is 8.09. The van der Waals surface area contributed by atoms with Gasteiger partial charge in [-0.3, -0.25) is 13.9 Å². The molecular weight excluding hydrogens is 575 g/mol. The Kier molecular flexibility index (Phi) is 19.7. The van der Waals surface area contributed by atoms with Crippen LogP contribution in [0.5, 0.6) is 0 Å². The molecular formula is C22H36N3O9P3S. The van der Waals surface area contributed by atoms with Crippen LogP contribution in [-0.4, -0.2) is 69.0 Å². The Bertz CT molecular complexity index is 1150. The van der Waals surface area contributed by atoms with Gasteiger partial charge in [-0.1, -0.05) is 44.2 Å². The fourth-order valence-corrected chi connectivity index (χ4v) is 4.36. The molecule has 214 valence electrons. The summed E-state index contributed by atoms with van der Waals surface area (Å²) in [6.07, 6.45) is -1.54.